The maximum absolute atomic E-state index is 5.14. The van der Waals surface area contributed by atoms with Crippen LogP contribution < -0.4 is 5.32 Å². The largest absolute Gasteiger partial charge is 0.385 e. The summed E-state index contributed by atoms with van der Waals surface area (Å²) in [5.41, 5.74) is 0. The lowest BCUT2D eigenvalue weighted by Gasteiger charge is -2.22. The van der Waals surface area contributed by atoms with Crippen LogP contribution in [0.4, 0.5) is 0 Å². The van der Waals surface area contributed by atoms with Crippen molar-refractivity contribution in [1.29, 1.82) is 0 Å². The molecule has 0 amide bonds. The average molecular weight is 260 g/mol. The molecule has 18 heavy (non-hydrogen) atoms. The lowest BCUT2D eigenvalue weighted by molar-refractivity contribution is 0.133. The van der Waals surface area contributed by atoms with Crippen molar-refractivity contribution in [3.05, 3.63) is 0 Å². The fraction of sp³-hybridized carbons (Fsp3) is 1.00. The summed E-state index contributed by atoms with van der Waals surface area (Å²) in [4.78, 5) is 2.44. The van der Waals surface area contributed by atoms with Crippen molar-refractivity contribution < 1.29 is 9.47 Å². The lowest BCUT2D eigenvalue weighted by atomic mass is 10.2. The van der Waals surface area contributed by atoms with Gasteiger partial charge < -0.3 is 14.8 Å². The normalized spacial score (nSPS) is 11.3. The lowest BCUT2D eigenvalue weighted by Crippen LogP contribution is -2.35. The molecule has 0 heterocycles. The molecule has 1 N–H and O–H groups in total. The monoisotopic (exact) mass is 260 g/mol. The van der Waals surface area contributed by atoms with Crippen LogP contribution >= 0.6 is 0 Å². The van der Waals surface area contributed by atoms with Crippen LogP contribution in [-0.4, -0.2) is 65.1 Å². The summed E-state index contributed by atoms with van der Waals surface area (Å²) < 4.78 is 10.2. The summed E-state index contributed by atoms with van der Waals surface area (Å²) in [7, 11) is 3.52. The molecule has 0 bridgehead atoms. The van der Waals surface area contributed by atoms with Crippen LogP contribution in [0.1, 0.15) is 32.6 Å². The third kappa shape index (κ3) is 12.3. The van der Waals surface area contributed by atoms with E-state index in [0.29, 0.717) is 0 Å². The Bertz CT molecular complexity index is 157. The number of nitrogens with zero attached hydrogens (tertiary/aromatic N) is 1. The van der Waals surface area contributed by atoms with E-state index in [0.717, 1.165) is 52.4 Å². The quantitative estimate of drug-likeness (QED) is 0.483. The third-order valence-corrected chi connectivity index (χ3v) is 3.00. The molecule has 0 aliphatic rings. The molecule has 0 aromatic heterocycles. The molecule has 4 heteroatoms. The Labute approximate surface area is 113 Å². The fourth-order valence-electron chi connectivity index (χ4n) is 1.85. The van der Waals surface area contributed by atoms with E-state index in [2.05, 4.69) is 17.1 Å². The van der Waals surface area contributed by atoms with Crippen molar-refractivity contribution in [2.24, 2.45) is 0 Å². The Morgan fingerprint density at radius 2 is 1.61 bits per heavy atom. The highest BCUT2D eigenvalue weighted by molar-refractivity contribution is 4.60. The molecular formula is C14H32N2O2. The van der Waals surface area contributed by atoms with E-state index >= 15 is 0 Å². The van der Waals surface area contributed by atoms with Gasteiger partial charge in [0, 0.05) is 47.0 Å². The number of ether oxygens (including phenoxy) is 2. The SMILES string of the molecule is CCCCCNCCN(CCCOC)CCOC. The number of hydrogen-bond acceptors (Lipinski definition) is 4. The molecule has 110 valence electrons. The summed E-state index contributed by atoms with van der Waals surface area (Å²) in [6, 6.07) is 0. The van der Waals surface area contributed by atoms with E-state index < -0.39 is 0 Å². The zero-order valence-electron chi connectivity index (χ0n) is 12.5. The first-order chi connectivity index (χ1) is 8.85. The first-order valence-corrected chi connectivity index (χ1v) is 7.26. The minimum atomic E-state index is 0.808. The average Bonchev–Trinajstić information content (AvgIpc) is 2.39. The zero-order chi connectivity index (χ0) is 13.5. The molecule has 4 nitrogen and oxygen atoms in total. The number of rotatable bonds is 14. The molecule has 0 rings (SSSR count). The van der Waals surface area contributed by atoms with E-state index in [1.165, 1.54) is 19.3 Å². The Hall–Kier alpha value is -0.160. The summed E-state index contributed by atoms with van der Waals surface area (Å²) in [6.45, 7) is 9.30. The summed E-state index contributed by atoms with van der Waals surface area (Å²) in [5.74, 6) is 0. The van der Waals surface area contributed by atoms with Gasteiger partial charge in [0.15, 0.2) is 0 Å². The van der Waals surface area contributed by atoms with Crippen molar-refractivity contribution in [2.45, 2.75) is 32.6 Å². The topological polar surface area (TPSA) is 33.7 Å². The van der Waals surface area contributed by atoms with Crippen LogP contribution in [0, 0.1) is 0 Å². The second-order valence-corrected chi connectivity index (χ2v) is 4.64. The zero-order valence-corrected chi connectivity index (χ0v) is 12.5. The highest BCUT2D eigenvalue weighted by Crippen LogP contribution is 1.93. The van der Waals surface area contributed by atoms with Gasteiger partial charge in [-0.2, -0.15) is 0 Å². The Kier molecular flexibility index (Phi) is 14.8. The van der Waals surface area contributed by atoms with Gasteiger partial charge in [-0.25, -0.2) is 0 Å². The van der Waals surface area contributed by atoms with Crippen LogP contribution in [0.2, 0.25) is 0 Å². The molecule has 0 fully saturated rings. The summed E-state index contributed by atoms with van der Waals surface area (Å²) in [6.07, 6.45) is 5.00. The predicted octanol–water partition coefficient (Wildman–Crippen LogP) is 1.75. The van der Waals surface area contributed by atoms with Crippen molar-refractivity contribution in [3.8, 4) is 0 Å². The van der Waals surface area contributed by atoms with Gasteiger partial charge in [0.25, 0.3) is 0 Å². The molecule has 0 aromatic carbocycles. The van der Waals surface area contributed by atoms with Gasteiger partial charge in [-0.3, -0.25) is 4.90 Å². The number of unbranched alkanes of at least 4 members (excludes halogenated alkanes) is 2. The van der Waals surface area contributed by atoms with Crippen LogP contribution in [0.15, 0.2) is 0 Å². The number of nitrogens with one attached hydrogen (secondary N) is 1. The maximum atomic E-state index is 5.14. The molecule has 0 saturated carbocycles. The van der Waals surface area contributed by atoms with Gasteiger partial charge in [-0.1, -0.05) is 19.8 Å². The highest BCUT2D eigenvalue weighted by Gasteiger charge is 2.03. The first kappa shape index (κ1) is 17.8. The molecule has 0 saturated heterocycles. The molecule has 0 unspecified atom stereocenters. The third-order valence-electron chi connectivity index (χ3n) is 3.00. The highest BCUT2D eigenvalue weighted by atomic mass is 16.5. The van der Waals surface area contributed by atoms with Crippen LogP contribution in [-0.2, 0) is 9.47 Å². The van der Waals surface area contributed by atoms with E-state index in [1.54, 1.807) is 14.2 Å². The molecule has 0 spiro atoms. The van der Waals surface area contributed by atoms with Crippen molar-refractivity contribution >= 4 is 0 Å². The number of hydrogen-bond donors (Lipinski definition) is 1. The van der Waals surface area contributed by atoms with E-state index in [-0.39, 0.29) is 0 Å². The minimum Gasteiger partial charge on any atom is -0.385 e. The van der Waals surface area contributed by atoms with Gasteiger partial charge >= 0.3 is 0 Å². The fourth-order valence-corrected chi connectivity index (χ4v) is 1.85. The van der Waals surface area contributed by atoms with E-state index in [4.69, 9.17) is 9.47 Å². The minimum absolute atomic E-state index is 0.808. The molecule has 0 aromatic rings. The van der Waals surface area contributed by atoms with E-state index in [1.807, 2.05) is 0 Å². The van der Waals surface area contributed by atoms with Crippen molar-refractivity contribution in [3.63, 3.8) is 0 Å². The van der Waals surface area contributed by atoms with Gasteiger partial charge in [0.2, 0.25) is 0 Å². The second-order valence-electron chi connectivity index (χ2n) is 4.64. The molecule has 0 aliphatic carbocycles. The van der Waals surface area contributed by atoms with Gasteiger partial charge in [0.05, 0.1) is 6.61 Å². The Morgan fingerprint density at radius 3 is 2.28 bits per heavy atom. The Balaban J connectivity index is 3.51. The van der Waals surface area contributed by atoms with E-state index in [9.17, 15) is 0 Å². The van der Waals surface area contributed by atoms with Crippen LogP contribution in [0.3, 0.4) is 0 Å². The molecule has 0 atom stereocenters. The molecule has 0 aliphatic heterocycles. The molecule has 0 radical (unpaired) electrons. The number of methoxy groups -OCH3 is 2. The summed E-state index contributed by atoms with van der Waals surface area (Å²) in [5, 5.41) is 3.50. The van der Waals surface area contributed by atoms with Gasteiger partial charge in [-0.15, -0.1) is 0 Å². The smallest absolute Gasteiger partial charge is 0.0589 e. The van der Waals surface area contributed by atoms with Crippen LogP contribution in [0.5, 0.6) is 0 Å². The standard InChI is InChI=1S/C14H32N2O2/c1-4-5-6-8-15-9-11-16(12-14-18-3)10-7-13-17-2/h15H,4-14H2,1-3H3. The van der Waals surface area contributed by atoms with Gasteiger partial charge in [0.1, 0.15) is 0 Å². The van der Waals surface area contributed by atoms with Crippen molar-refractivity contribution in [2.75, 3.05) is 60.2 Å². The van der Waals surface area contributed by atoms with Crippen LogP contribution in [0.25, 0.3) is 0 Å². The second kappa shape index (κ2) is 14.9. The molecular weight excluding hydrogens is 228 g/mol. The first-order valence-electron chi connectivity index (χ1n) is 7.26. The predicted molar refractivity (Wildman–Crippen MR) is 77.2 cm³/mol. The Morgan fingerprint density at radius 1 is 0.833 bits per heavy atom. The van der Waals surface area contributed by atoms with Crippen molar-refractivity contribution in [1.82, 2.24) is 10.2 Å². The maximum Gasteiger partial charge on any atom is 0.0589 e. The van der Waals surface area contributed by atoms with Gasteiger partial charge in [-0.05, 0) is 19.4 Å². The summed E-state index contributed by atoms with van der Waals surface area (Å²) >= 11 is 0.